The second kappa shape index (κ2) is 6.09. The molecule has 4 aliphatic rings. The molecule has 0 aromatic heterocycles. The van der Waals surface area contributed by atoms with Crippen LogP contribution in [0.4, 0.5) is 0 Å². The zero-order valence-electron chi connectivity index (χ0n) is 15.4. The quantitative estimate of drug-likeness (QED) is 0.616. The van der Waals surface area contributed by atoms with Crippen molar-refractivity contribution >= 4 is 11.8 Å². The van der Waals surface area contributed by atoms with Crippen molar-refractivity contribution in [3.8, 4) is 5.75 Å². The number of rotatable bonds is 4. The smallest absolute Gasteiger partial charge is 0.234 e. The van der Waals surface area contributed by atoms with Crippen molar-refractivity contribution in [1.82, 2.24) is 9.80 Å². The Morgan fingerprint density at radius 2 is 1.77 bits per heavy atom. The predicted octanol–water partition coefficient (Wildman–Crippen LogP) is 2.24. The van der Waals surface area contributed by atoms with E-state index in [0.717, 1.165) is 11.3 Å². The van der Waals surface area contributed by atoms with E-state index in [4.69, 9.17) is 4.74 Å². The molecule has 136 valence electrons. The average molecular weight is 352 g/mol. The standard InChI is InChI=1S/C21H24N2O3/c1-5-15-17-12(2)10-16(18-19(17)21(25)22(3)20(18)24)23(15)11-13-6-8-14(26-4)9-7-13/h5-10,15-19H,1,11H2,2-4H3. The number of amides is 2. The Kier molecular flexibility index (Phi) is 3.99. The van der Waals surface area contributed by atoms with Crippen LogP contribution in [-0.4, -0.2) is 47.9 Å². The lowest BCUT2D eigenvalue weighted by atomic mass is 9.63. The first kappa shape index (κ1) is 17.0. The summed E-state index contributed by atoms with van der Waals surface area (Å²) in [6, 6.07) is 7.96. The minimum Gasteiger partial charge on any atom is -0.497 e. The minimum absolute atomic E-state index is 0.0159. The number of imide groups is 1. The van der Waals surface area contributed by atoms with Crippen molar-refractivity contribution in [2.45, 2.75) is 25.6 Å². The van der Waals surface area contributed by atoms with E-state index < -0.39 is 0 Å². The maximum atomic E-state index is 12.7. The van der Waals surface area contributed by atoms with Gasteiger partial charge in [0.25, 0.3) is 0 Å². The van der Waals surface area contributed by atoms with Gasteiger partial charge in [-0.05, 0) is 24.6 Å². The van der Waals surface area contributed by atoms with Crippen LogP contribution in [0.25, 0.3) is 0 Å². The van der Waals surface area contributed by atoms with Gasteiger partial charge < -0.3 is 4.74 Å². The maximum Gasteiger partial charge on any atom is 0.234 e. The van der Waals surface area contributed by atoms with E-state index in [2.05, 4.69) is 24.5 Å². The third kappa shape index (κ3) is 2.27. The third-order valence-electron chi connectivity index (χ3n) is 6.23. The molecule has 2 amide bonds. The van der Waals surface area contributed by atoms with Crippen molar-refractivity contribution in [2.24, 2.45) is 17.8 Å². The highest BCUT2D eigenvalue weighted by Gasteiger charge is 2.61. The molecule has 5 rings (SSSR count). The molecule has 1 aromatic rings. The topological polar surface area (TPSA) is 49.9 Å². The number of carbonyl (C=O) groups is 2. The molecule has 5 heteroatoms. The molecule has 0 spiro atoms. The molecule has 0 radical (unpaired) electrons. The van der Waals surface area contributed by atoms with Crippen molar-refractivity contribution < 1.29 is 14.3 Å². The molecule has 3 heterocycles. The number of likely N-dealkylation sites (tertiary alicyclic amines) is 1. The normalized spacial score (nSPS) is 33.3. The predicted molar refractivity (Wildman–Crippen MR) is 98.3 cm³/mol. The highest BCUT2D eigenvalue weighted by molar-refractivity contribution is 6.06. The Hall–Kier alpha value is -2.40. The molecule has 26 heavy (non-hydrogen) atoms. The minimum atomic E-state index is -0.282. The second-order valence-corrected chi connectivity index (χ2v) is 7.46. The highest BCUT2D eigenvalue weighted by atomic mass is 16.5. The zero-order valence-corrected chi connectivity index (χ0v) is 15.4. The first-order valence-corrected chi connectivity index (χ1v) is 8.99. The first-order valence-electron chi connectivity index (χ1n) is 8.99. The summed E-state index contributed by atoms with van der Waals surface area (Å²) in [5.41, 5.74) is 2.35. The molecule has 0 N–H and O–H groups in total. The van der Waals surface area contributed by atoms with Gasteiger partial charge in [-0.2, -0.15) is 0 Å². The molecule has 0 saturated carbocycles. The Labute approximate surface area is 153 Å². The van der Waals surface area contributed by atoms with E-state index in [1.807, 2.05) is 30.3 Å². The maximum absolute atomic E-state index is 12.7. The van der Waals surface area contributed by atoms with Crippen LogP contribution in [0.1, 0.15) is 12.5 Å². The van der Waals surface area contributed by atoms with E-state index in [-0.39, 0.29) is 41.7 Å². The first-order chi connectivity index (χ1) is 12.5. The number of fused-ring (bicyclic) bond motifs is 1. The molecule has 2 bridgehead atoms. The summed E-state index contributed by atoms with van der Waals surface area (Å²) in [5.74, 6) is 0.206. The SMILES string of the molecule is C=CC1C2C(C)=CC(C3C(=O)N(C)C(=O)C32)N1Cc1ccc(OC)cc1. The summed E-state index contributed by atoms with van der Waals surface area (Å²) >= 11 is 0. The van der Waals surface area contributed by atoms with Gasteiger partial charge >= 0.3 is 0 Å². The number of carbonyl (C=O) groups excluding carboxylic acids is 2. The van der Waals surface area contributed by atoms with Crippen LogP contribution in [0, 0.1) is 17.8 Å². The molecular formula is C21H24N2O3. The highest BCUT2D eigenvalue weighted by Crippen LogP contribution is 2.51. The van der Waals surface area contributed by atoms with E-state index in [0.29, 0.717) is 6.54 Å². The summed E-state index contributed by atoms with van der Waals surface area (Å²) in [5, 5.41) is 0. The van der Waals surface area contributed by atoms with Crippen LogP contribution >= 0.6 is 0 Å². The molecule has 1 aliphatic carbocycles. The molecular weight excluding hydrogens is 328 g/mol. The number of methoxy groups -OCH3 is 1. The monoisotopic (exact) mass is 352 g/mol. The van der Waals surface area contributed by atoms with Gasteiger partial charge in [0.2, 0.25) is 11.8 Å². The van der Waals surface area contributed by atoms with E-state index in [1.165, 1.54) is 10.5 Å². The van der Waals surface area contributed by atoms with Crippen LogP contribution in [-0.2, 0) is 16.1 Å². The van der Waals surface area contributed by atoms with Gasteiger partial charge in [0, 0.05) is 31.6 Å². The summed E-state index contributed by atoms with van der Waals surface area (Å²) in [4.78, 5) is 29.1. The van der Waals surface area contributed by atoms with E-state index in [9.17, 15) is 9.59 Å². The molecule has 5 unspecified atom stereocenters. The van der Waals surface area contributed by atoms with Crippen molar-refractivity contribution in [3.63, 3.8) is 0 Å². The molecule has 2 fully saturated rings. The van der Waals surface area contributed by atoms with Gasteiger partial charge in [-0.25, -0.2) is 0 Å². The number of nitrogens with zero attached hydrogens (tertiary/aromatic N) is 2. The van der Waals surface area contributed by atoms with E-state index in [1.54, 1.807) is 14.2 Å². The van der Waals surface area contributed by atoms with Gasteiger partial charge in [-0.15, -0.1) is 6.58 Å². The van der Waals surface area contributed by atoms with Crippen LogP contribution in [0.2, 0.25) is 0 Å². The Balaban J connectivity index is 1.71. The summed E-state index contributed by atoms with van der Waals surface area (Å²) in [6.45, 7) is 6.82. The number of hydrogen-bond acceptors (Lipinski definition) is 4. The lowest BCUT2D eigenvalue weighted by Gasteiger charge is -2.53. The summed E-state index contributed by atoms with van der Waals surface area (Å²) in [6.07, 6.45) is 4.11. The molecule has 1 aromatic carbocycles. The molecule has 2 saturated heterocycles. The van der Waals surface area contributed by atoms with Gasteiger partial charge in [0.05, 0.1) is 18.9 Å². The lowest BCUT2D eigenvalue weighted by Crippen LogP contribution is -2.61. The van der Waals surface area contributed by atoms with Crippen LogP contribution in [0.15, 0.2) is 48.6 Å². The largest absolute Gasteiger partial charge is 0.497 e. The fourth-order valence-electron chi connectivity index (χ4n) is 4.99. The fourth-order valence-corrected chi connectivity index (χ4v) is 4.99. The molecule has 5 atom stereocenters. The van der Waals surface area contributed by atoms with Gasteiger partial charge in [0.15, 0.2) is 0 Å². The van der Waals surface area contributed by atoms with Crippen LogP contribution < -0.4 is 4.74 Å². The van der Waals surface area contributed by atoms with Crippen molar-refractivity contribution in [1.29, 1.82) is 0 Å². The van der Waals surface area contributed by atoms with Gasteiger partial charge in [-0.1, -0.05) is 29.9 Å². The van der Waals surface area contributed by atoms with Gasteiger partial charge in [0.1, 0.15) is 5.75 Å². The van der Waals surface area contributed by atoms with Crippen LogP contribution in [0.5, 0.6) is 5.75 Å². The number of hydrogen-bond donors (Lipinski definition) is 0. The Bertz CT molecular complexity index is 798. The average Bonchev–Trinajstić information content (AvgIpc) is 2.88. The molecule has 5 nitrogen and oxygen atoms in total. The second-order valence-electron chi connectivity index (χ2n) is 7.46. The zero-order chi connectivity index (χ0) is 18.6. The fraction of sp³-hybridized carbons (Fsp3) is 0.429. The van der Waals surface area contributed by atoms with E-state index >= 15 is 0 Å². The van der Waals surface area contributed by atoms with Crippen molar-refractivity contribution in [2.75, 3.05) is 14.2 Å². The summed E-state index contributed by atoms with van der Waals surface area (Å²) in [7, 11) is 3.26. The number of ether oxygens (including phenoxy) is 1. The Morgan fingerprint density at radius 3 is 2.38 bits per heavy atom. The van der Waals surface area contributed by atoms with Crippen molar-refractivity contribution in [3.05, 3.63) is 54.1 Å². The Morgan fingerprint density at radius 1 is 1.12 bits per heavy atom. The number of benzene rings is 1. The third-order valence-corrected chi connectivity index (χ3v) is 6.23. The molecule has 3 aliphatic heterocycles. The lowest BCUT2D eigenvalue weighted by molar-refractivity contribution is -0.138. The summed E-state index contributed by atoms with van der Waals surface area (Å²) < 4.78 is 5.23. The van der Waals surface area contributed by atoms with Gasteiger partial charge in [-0.3, -0.25) is 19.4 Å². The number of piperidine rings is 1. The van der Waals surface area contributed by atoms with Crippen LogP contribution in [0.3, 0.4) is 0 Å².